The molecule has 0 heterocycles. The van der Waals surface area contributed by atoms with E-state index in [0.29, 0.717) is 6.54 Å². The highest BCUT2D eigenvalue weighted by atomic mass is 16.6. The number of hydrogen-bond acceptors (Lipinski definition) is 3. The second-order valence-electron chi connectivity index (χ2n) is 5.46. The fraction of sp³-hybridized carbons (Fsp3) is 0.400. The van der Waals surface area contributed by atoms with Gasteiger partial charge in [-0.2, -0.15) is 0 Å². The van der Waals surface area contributed by atoms with Crippen molar-refractivity contribution in [1.29, 1.82) is 0 Å². The van der Waals surface area contributed by atoms with Gasteiger partial charge in [-0.3, -0.25) is 0 Å². The molecule has 0 saturated carbocycles. The quantitative estimate of drug-likeness (QED) is 0.823. The van der Waals surface area contributed by atoms with Crippen LogP contribution in [0.15, 0.2) is 24.3 Å². The van der Waals surface area contributed by atoms with E-state index >= 15 is 0 Å². The summed E-state index contributed by atoms with van der Waals surface area (Å²) in [5.74, 6) is 0. The fourth-order valence-electron chi connectivity index (χ4n) is 1.59. The van der Waals surface area contributed by atoms with Crippen LogP contribution in [0.1, 0.15) is 31.9 Å². The van der Waals surface area contributed by atoms with Gasteiger partial charge >= 0.3 is 6.09 Å². The molecule has 0 fully saturated rings. The van der Waals surface area contributed by atoms with Gasteiger partial charge in [-0.25, -0.2) is 4.79 Å². The molecule has 1 aromatic carbocycles. The third-order valence-corrected chi connectivity index (χ3v) is 2.20. The lowest BCUT2D eigenvalue weighted by atomic mass is 10.1. The average Bonchev–Trinajstić information content (AvgIpc) is 2.20. The summed E-state index contributed by atoms with van der Waals surface area (Å²) in [6.45, 7) is 7.91. The van der Waals surface area contributed by atoms with Crippen molar-refractivity contribution in [2.45, 2.75) is 33.3 Å². The first-order valence-electron chi connectivity index (χ1n) is 6.27. The molecule has 0 atom stereocenters. The van der Waals surface area contributed by atoms with Crippen LogP contribution in [0.5, 0.6) is 0 Å². The Hall–Kier alpha value is -1.97. The molecule has 4 nitrogen and oxygen atoms in total. The summed E-state index contributed by atoms with van der Waals surface area (Å²) in [6.07, 6.45) is 3.36. The molecule has 0 bridgehead atoms. The third kappa shape index (κ3) is 6.50. The molecule has 0 aliphatic carbocycles. The molecule has 0 saturated heterocycles. The summed E-state index contributed by atoms with van der Waals surface area (Å²) in [6, 6.07) is 5.83. The number of alkyl carbamates (subject to hydrolysis) is 1. The third-order valence-electron chi connectivity index (χ3n) is 2.20. The maximum atomic E-state index is 11.4. The Balaban J connectivity index is 2.44. The number of benzene rings is 1. The summed E-state index contributed by atoms with van der Waals surface area (Å²) in [4.78, 5) is 11.4. The zero-order valence-corrected chi connectivity index (χ0v) is 12.0. The summed E-state index contributed by atoms with van der Waals surface area (Å²) < 4.78 is 5.12. The first kappa shape index (κ1) is 15.1. The number of hydrogen-bond donors (Lipinski definition) is 2. The molecule has 104 valence electrons. The Bertz CT molecular complexity index is 453. The Kier molecular flexibility index (Phi) is 4.98. The maximum absolute atomic E-state index is 11.4. The average molecular weight is 262 g/mol. The Morgan fingerprint density at radius 3 is 2.63 bits per heavy atom. The van der Waals surface area contributed by atoms with Crippen LogP contribution in [0.3, 0.4) is 0 Å². The minimum Gasteiger partial charge on any atom is -0.444 e. The van der Waals surface area contributed by atoms with E-state index in [1.54, 1.807) is 0 Å². The highest BCUT2D eigenvalue weighted by Gasteiger charge is 2.14. The van der Waals surface area contributed by atoms with E-state index in [4.69, 9.17) is 10.5 Å². The van der Waals surface area contributed by atoms with Gasteiger partial charge in [-0.15, -0.1) is 0 Å². The molecule has 0 aliphatic rings. The van der Waals surface area contributed by atoms with Crippen molar-refractivity contribution in [1.82, 2.24) is 5.32 Å². The van der Waals surface area contributed by atoms with E-state index in [1.807, 2.05) is 58.0 Å². The second kappa shape index (κ2) is 6.27. The smallest absolute Gasteiger partial charge is 0.407 e. The van der Waals surface area contributed by atoms with Crippen LogP contribution in [0.25, 0.3) is 6.08 Å². The highest BCUT2D eigenvalue weighted by Crippen LogP contribution is 2.12. The summed E-state index contributed by atoms with van der Waals surface area (Å²) >= 11 is 0. The number of nitrogen functional groups attached to an aromatic ring is 1. The highest BCUT2D eigenvalue weighted by molar-refractivity contribution is 5.68. The number of amides is 1. The maximum Gasteiger partial charge on any atom is 0.407 e. The first-order valence-corrected chi connectivity index (χ1v) is 6.27. The number of carbonyl (C=O) groups excluding carboxylic acids is 1. The van der Waals surface area contributed by atoms with Crippen molar-refractivity contribution in [3.63, 3.8) is 0 Å². The van der Waals surface area contributed by atoms with Crippen molar-refractivity contribution < 1.29 is 9.53 Å². The van der Waals surface area contributed by atoms with Crippen LogP contribution >= 0.6 is 0 Å². The SMILES string of the molecule is Cc1cc(N)cc(C=CCNC(=O)OC(C)(C)C)c1. The summed E-state index contributed by atoms with van der Waals surface area (Å²) in [5, 5.41) is 2.66. The van der Waals surface area contributed by atoms with Gasteiger partial charge in [0.15, 0.2) is 0 Å². The lowest BCUT2D eigenvalue weighted by molar-refractivity contribution is 0.0534. The monoisotopic (exact) mass is 262 g/mol. The van der Waals surface area contributed by atoms with E-state index in [2.05, 4.69) is 5.32 Å². The predicted octanol–water partition coefficient (Wildman–Crippen LogP) is 3.12. The molecule has 1 rings (SSSR count). The predicted molar refractivity (Wildman–Crippen MR) is 78.9 cm³/mol. The van der Waals surface area contributed by atoms with Gasteiger partial charge in [0.25, 0.3) is 0 Å². The van der Waals surface area contributed by atoms with Crippen LogP contribution in [-0.4, -0.2) is 18.2 Å². The fourth-order valence-corrected chi connectivity index (χ4v) is 1.59. The number of rotatable bonds is 3. The largest absolute Gasteiger partial charge is 0.444 e. The number of carbonyl (C=O) groups is 1. The van der Waals surface area contributed by atoms with Crippen LogP contribution in [0.2, 0.25) is 0 Å². The van der Waals surface area contributed by atoms with Gasteiger partial charge in [0.2, 0.25) is 0 Å². The van der Waals surface area contributed by atoms with E-state index < -0.39 is 11.7 Å². The molecule has 0 spiro atoms. The number of nitrogens with one attached hydrogen (secondary N) is 1. The summed E-state index contributed by atoms with van der Waals surface area (Å²) in [5.41, 5.74) is 8.15. The normalized spacial score (nSPS) is 11.6. The van der Waals surface area contributed by atoms with Gasteiger partial charge in [0, 0.05) is 12.2 Å². The minimum absolute atomic E-state index is 0.416. The van der Waals surface area contributed by atoms with E-state index in [9.17, 15) is 4.79 Å². The molecule has 1 amide bonds. The Morgan fingerprint density at radius 1 is 1.37 bits per heavy atom. The van der Waals surface area contributed by atoms with Crippen LogP contribution in [0.4, 0.5) is 10.5 Å². The van der Waals surface area contributed by atoms with Crippen molar-refractivity contribution >= 4 is 17.9 Å². The molecular formula is C15H22N2O2. The van der Waals surface area contributed by atoms with Crippen molar-refractivity contribution in [2.24, 2.45) is 0 Å². The lowest BCUT2D eigenvalue weighted by Gasteiger charge is -2.19. The van der Waals surface area contributed by atoms with E-state index in [1.165, 1.54) is 0 Å². The van der Waals surface area contributed by atoms with Crippen molar-refractivity contribution in [2.75, 3.05) is 12.3 Å². The van der Waals surface area contributed by atoms with E-state index in [0.717, 1.165) is 16.8 Å². The van der Waals surface area contributed by atoms with Gasteiger partial charge < -0.3 is 15.8 Å². The summed E-state index contributed by atoms with van der Waals surface area (Å²) in [7, 11) is 0. The molecular weight excluding hydrogens is 240 g/mol. The van der Waals surface area contributed by atoms with Crippen molar-refractivity contribution in [3.05, 3.63) is 35.4 Å². The molecule has 0 radical (unpaired) electrons. The van der Waals surface area contributed by atoms with Crippen LogP contribution in [-0.2, 0) is 4.74 Å². The molecule has 19 heavy (non-hydrogen) atoms. The number of aryl methyl sites for hydroxylation is 1. The standard InChI is InChI=1S/C15H22N2O2/c1-11-8-12(10-13(16)9-11)6-5-7-17-14(18)19-15(2,3)4/h5-6,8-10H,7,16H2,1-4H3,(H,17,18). The molecule has 0 unspecified atom stereocenters. The van der Waals surface area contributed by atoms with Gasteiger partial charge in [0.1, 0.15) is 5.60 Å². The van der Waals surface area contributed by atoms with Crippen LogP contribution < -0.4 is 11.1 Å². The molecule has 0 aliphatic heterocycles. The second-order valence-corrected chi connectivity index (χ2v) is 5.46. The number of anilines is 1. The molecule has 0 aromatic heterocycles. The lowest BCUT2D eigenvalue weighted by Crippen LogP contribution is -2.32. The molecule has 3 N–H and O–H groups in total. The van der Waals surface area contributed by atoms with Crippen molar-refractivity contribution in [3.8, 4) is 0 Å². The zero-order chi connectivity index (χ0) is 14.5. The van der Waals surface area contributed by atoms with Gasteiger partial charge in [-0.05, 0) is 51.0 Å². The van der Waals surface area contributed by atoms with Gasteiger partial charge in [-0.1, -0.05) is 18.2 Å². The first-order chi connectivity index (χ1) is 8.76. The number of nitrogens with two attached hydrogens (primary N) is 1. The zero-order valence-electron chi connectivity index (χ0n) is 12.0. The Labute approximate surface area is 114 Å². The Morgan fingerprint density at radius 2 is 2.05 bits per heavy atom. The molecule has 4 heteroatoms. The minimum atomic E-state index is -0.473. The van der Waals surface area contributed by atoms with Crippen LogP contribution in [0, 0.1) is 6.92 Å². The topological polar surface area (TPSA) is 64.3 Å². The van der Waals surface area contributed by atoms with Gasteiger partial charge in [0.05, 0.1) is 0 Å². The molecule has 1 aromatic rings. The van der Waals surface area contributed by atoms with E-state index in [-0.39, 0.29) is 0 Å². The number of ether oxygens (including phenoxy) is 1.